The van der Waals surface area contributed by atoms with Crippen LogP contribution in [0.4, 0.5) is 0 Å². The van der Waals surface area contributed by atoms with Crippen LogP contribution < -0.4 is 0 Å². The van der Waals surface area contributed by atoms with Gasteiger partial charge in [0, 0.05) is 9.82 Å². The highest BCUT2D eigenvalue weighted by molar-refractivity contribution is 5.00. The van der Waals surface area contributed by atoms with Gasteiger partial charge in [0.1, 0.15) is 18.3 Å². The Balaban J connectivity index is 2.17. The summed E-state index contributed by atoms with van der Waals surface area (Å²) in [7, 11) is 0. The molecule has 2 rings (SSSR count). The van der Waals surface area contributed by atoms with E-state index in [0.717, 1.165) is 0 Å². The average molecular weight is 270 g/mol. The van der Waals surface area contributed by atoms with E-state index in [0.29, 0.717) is 0 Å². The molecule has 0 spiro atoms. The largest absolute Gasteiger partial charge is 0.390 e. The van der Waals surface area contributed by atoms with E-state index in [4.69, 9.17) is 25.3 Å². The molecule has 2 saturated heterocycles. The molecule has 0 radical (unpaired) electrons. The molecule has 19 heavy (non-hydrogen) atoms. The minimum absolute atomic E-state index is 0.156. The van der Waals surface area contributed by atoms with Crippen LogP contribution in [0.3, 0.4) is 0 Å². The number of hydrogen-bond acceptors (Lipinski definition) is 6. The lowest BCUT2D eigenvalue weighted by molar-refractivity contribution is -0.195. The predicted octanol–water partition coefficient (Wildman–Crippen LogP) is 1.21. The third-order valence-corrected chi connectivity index (χ3v) is 2.94. The number of fused-ring (bicyclic) bond motifs is 1. The van der Waals surface area contributed by atoms with Gasteiger partial charge >= 0.3 is 0 Å². The molecule has 0 saturated carbocycles. The van der Waals surface area contributed by atoms with E-state index in [1.165, 1.54) is 0 Å². The molecule has 2 heterocycles. The molecule has 10 nitrogen and oxygen atoms in total. The van der Waals surface area contributed by atoms with Gasteiger partial charge in [0.2, 0.25) is 0 Å². The van der Waals surface area contributed by atoms with Crippen LogP contribution in [-0.2, 0) is 14.2 Å². The van der Waals surface area contributed by atoms with Crippen molar-refractivity contribution in [3.63, 3.8) is 0 Å². The van der Waals surface area contributed by atoms with Gasteiger partial charge in [0.15, 0.2) is 12.0 Å². The Bertz CT molecular complexity index is 444. The van der Waals surface area contributed by atoms with Crippen molar-refractivity contribution >= 4 is 0 Å². The van der Waals surface area contributed by atoms with Gasteiger partial charge in [0.25, 0.3) is 0 Å². The summed E-state index contributed by atoms with van der Waals surface area (Å²) in [5.74, 6) is -0.848. The first kappa shape index (κ1) is 13.9. The molecular formula is C9H14N6O4. The molecule has 0 aliphatic carbocycles. The second-order valence-electron chi connectivity index (χ2n) is 4.74. The van der Waals surface area contributed by atoms with Gasteiger partial charge in [-0.15, -0.1) is 0 Å². The number of rotatable bonds is 4. The highest BCUT2D eigenvalue weighted by Crippen LogP contribution is 2.40. The molecule has 2 aliphatic heterocycles. The Labute approximate surface area is 108 Å². The second-order valence-corrected chi connectivity index (χ2v) is 4.74. The molecule has 1 N–H and O–H groups in total. The van der Waals surface area contributed by atoms with Crippen molar-refractivity contribution in [3.05, 3.63) is 20.9 Å². The van der Waals surface area contributed by atoms with Crippen LogP contribution >= 0.6 is 0 Å². The Morgan fingerprint density at radius 2 is 1.95 bits per heavy atom. The molecule has 10 heteroatoms. The van der Waals surface area contributed by atoms with Gasteiger partial charge in [-0.05, 0) is 24.9 Å². The van der Waals surface area contributed by atoms with Crippen LogP contribution in [0.1, 0.15) is 13.8 Å². The van der Waals surface area contributed by atoms with Gasteiger partial charge in [0.05, 0.1) is 12.6 Å². The lowest BCUT2D eigenvalue weighted by Gasteiger charge is -2.24. The standard InChI is InChI=1S/C9H14N6O4/c1-9(2)18-6-5(4(16)3-12-14-10)17-8(13-15-11)7(6)19-9/h4-8,16H,3H2,1-2H3/t4-,5-,6+,7+,8-/m1/s1. The van der Waals surface area contributed by atoms with Gasteiger partial charge in [-0.25, -0.2) is 0 Å². The smallest absolute Gasteiger partial charge is 0.165 e. The molecule has 2 fully saturated rings. The van der Waals surface area contributed by atoms with Gasteiger partial charge < -0.3 is 19.3 Å². The van der Waals surface area contributed by atoms with E-state index in [-0.39, 0.29) is 6.54 Å². The fourth-order valence-electron chi connectivity index (χ4n) is 2.29. The highest BCUT2D eigenvalue weighted by Gasteiger charge is 2.56. The third kappa shape index (κ3) is 2.74. The van der Waals surface area contributed by atoms with Crippen molar-refractivity contribution in [2.75, 3.05) is 6.54 Å². The van der Waals surface area contributed by atoms with Crippen LogP contribution in [0.15, 0.2) is 10.2 Å². The molecule has 5 atom stereocenters. The zero-order chi connectivity index (χ0) is 14.0. The number of aliphatic hydroxyl groups excluding tert-OH is 1. The SMILES string of the molecule is CC1(C)O[C@H]2[C@@H]([C@H](O)CN=[N+]=[N-])O[C@@H](N=[N+]=[N-])[C@H]2O1. The van der Waals surface area contributed by atoms with E-state index in [1.807, 2.05) is 0 Å². The lowest BCUT2D eigenvalue weighted by Crippen LogP contribution is -2.40. The summed E-state index contributed by atoms with van der Waals surface area (Å²) in [6.07, 6.45) is -3.86. The average Bonchev–Trinajstić information content (AvgIpc) is 2.81. The Kier molecular flexibility index (Phi) is 3.81. The molecule has 0 bridgehead atoms. The summed E-state index contributed by atoms with van der Waals surface area (Å²) in [6.45, 7) is 3.28. The van der Waals surface area contributed by atoms with Crippen LogP contribution in [0.2, 0.25) is 0 Å². The number of azide groups is 2. The fourth-order valence-corrected chi connectivity index (χ4v) is 2.29. The predicted molar refractivity (Wildman–Crippen MR) is 61.7 cm³/mol. The van der Waals surface area contributed by atoms with E-state index in [2.05, 4.69) is 20.1 Å². The second kappa shape index (κ2) is 5.22. The minimum atomic E-state index is -1.06. The number of nitrogens with zero attached hydrogens (tertiary/aromatic N) is 6. The molecule has 0 aromatic carbocycles. The van der Waals surface area contributed by atoms with Crippen molar-refractivity contribution in [3.8, 4) is 0 Å². The Morgan fingerprint density at radius 1 is 1.26 bits per heavy atom. The fraction of sp³-hybridized carbons (Fsp3) is 1.00. The first-order valence-corrected chi connectivity index (χ1v) is 5.73. The van der Waals surface area contributed by atoms with Crippen molar-refractivity contribution in [1.82, 2.24) is 0 Å². The van der Waals surface area contributed by atoms with Gasteiger partial charge in [-0.1, -0.05) is 10.2 Å². The van der Waals surface area contributed by atoms with Crippen molar-refractivity contribution in [2.45, 2.75) is 50.3 Å². The molecule has 0 amide bonds. The maximum absolute atomic E-state index is 9.92. The third-order valence-electron chi connectivity index (χ3n) is 2.94. The quantitative estimate of drug-likeness (QED) is 0.464. The zero-order valence-electron chi connectivity index (χ0n) is 10.4. The van der Waals surface area contributed by atoms with Crippen LogP contribution in [0.25, 0.3) is 20.9 Å². The van der Waals surface area contributed by atoms with E-state index >= 15 is 0 Å². The van der Waals surface area contributed by atoms with Crippen LogP contribution in [0.5, 0.6) is 0 Å². The van der Waals surface area contributed by atoms with E-state index in [9.17, 15) is 5.11 Å². The first-order valence-electron chi connectivity index (χ1n) is 5.73. The highest BCUT2D eigenvalue weighted by atomic mass is 16.8. The summed E-state index contributed by atoms with van der Waals surface area (Å²) >= 11 is 0. The van der Waals surface area contributed by atoms with E-state index < -0.39 is 36.4 Å². The number of ether oxygens (including phenoxy) is 3. The maximum atomic E-state index is 9.92. The number of hydrogen-bond donors (Lipinski definition) is 1. The van der Waals surface area contributed by atoms with E-state index in [1.54, 1.807) is 13.8 Å². The molecular weight excluding hydrogens is 256 g/mol. The maximum Gasteiger partial charge on any atom is 0.165 e. The molecule has 2 aliphatic rings. The normalized spacial score (nSPS) is 37.0. The zero-order valence-corrected chi connectivity index (χ0v) is 10.4. The van der Waals surface area contributed by atoms with Gasteiger partial charge in [-0.3, -0.25) is 0 Å². The summed E-state index contributed by atoms with van der Waals surface area (Å²) in [5.41, 5.74) is 16.7. The number of aliphatic hydroxyl groups is 1. The monoisotopic (exact) mass is 270 g/mol. The topological polar surface area (TPSA) is 145 Å². The Hall–Kier alpha value is -1.54. The summed E-state index contributed by atoms with van der Waals surface area (Å²) < 4.78 is 16.7. The molecule has 0 aromatic rings. The minimum Gasteiger partial charge on any atom is -0.390 e. The van der Waals surface area contributed by atoms with Crippen molar-refractivity contribution < 1.29 is 19.3 Å². The molecule has 0 aromatic heterocycles. The molecule has 104 valence electrons. The summed E-state index contributed by atoms with van der Waals surface area (Å²) in [6, 6.07) is 0. The van der Waals surface area contributed by atoms with Crippen molar-refractivity contribution in [2.24, 2.45) is 10.2 Å². The van der Waals surface area contributed by atoms with Crippen LogP contribution in [-0.4, -0.2) is 48.1 Å². The molecule has 0 unspecified atom stereocenters. The first-order chi connectivity index (χ1) is 8.98. The van der Waals surface area contributed by atoms with Crippen LogP contribution in [0, 0.1) is 0 Å². The lowest BCUT2D eigenvalue weighted by atomic mass is 10.1. The Morgan fingerprint density at radius 3 is 2.58 bits per heavy atom. The van der Waals surface area contributed by atoms with Crippen molar-refractivity contribution in [1.29, 1.82) is 0 Å². The summed E-state index contributed by atoms with van der Waals surface area (Å²) in [4.78, 5) is 5.25. The summed E-state index contributed by atoms with van der Waals surface area (Å²) in [5, 5.41) is 16.7. The van der Waals surface area contributed by atoms with Gasteiger partial charge in [-0.2, -0.15) is 0 Å².